The Bertz CT molecular complexity index is 1180. The lowest BCUT2D eigenvalue weighted by molar-refractivity contribution is -0.147. The maximum absolute atomic E-state index is 12.7. The second kappa shape index (κ2) is 8.67. The standard InChI is InChI=1S/C24H25ClN2O5/c1-15(28)14-24(21(29)30,16-8-10-17(25)11-9-16)27-13-12-18-19(6-5-7-20(18)27)26-22(31)32-23(2,3)4/h5-13H,14H2,1-4H3,(H,26,31)(H,29,30). The normalized spacial score (nSPS) is 13.4. The highest BCUT2D eigenvalue weighted by Gasteiger charge is 2.44. The molecule has 3 aromatic rings. The van der Waals surface area contributed by atoms with Crippen molar-refractivity contribution < 1.29 is 24.2 Å². The van der Waals surface area contributed by atoms with Crippen LogP contribution >= 0.6 is 11.6 Å². The molecule has 32 heavy (non-hydrogen) atoms. The van der Waals surface area contributed by atoms with Gasteiger partial charge in [0.25, 0.3) is 0 Å². The highest BCUT2D eigenvalue weighted by molar-refractivity contribution is 6.30. The molecule has 7 nitrogen and oxygen atoms in total. The molecule has 0 radical (unpaired) electrons. The van der Waals surface area contributed by atoms with Gasteiger partial charge in [0.2, 0.25) is 0 Å². The first kappa shape index (κ1) is 23.3. The van der Waals surface area contributed by atoms with E-state index >= 15 is 0 Å². The monoisotopic (exact) mass is 456 g/mol. The number of nitrogens with one attached hydrogen (secondary N) is 1. The van der Waals surface area contributed by atoms with Crippen LogP contribution in [0.3, 0.4) is 0 Å². The Kier molecular flexibility index (Phi) is 6.32. The van der Waals surface area contributed by atoms with E-state index in [2.05, 4.69) is 5.32 Å². The lowest BCUT2D eigenvalue weighted by Gasteiger charge is -2.32. The fraction of sp³-hybridized carbons (Fsp3) is 0.292. The number of halogens is 1. The number of ketones is 1. The molecule has 0 aliphatic heterocycles. The van der Waals surface area contributed by atoms with E-state index in [9.17, 15) is 19.5 Å². The first-order valence-electron chi connectivity index (χ1n) is 10.0. The molecule has 0 saturated carbocycles. The van der Waals surface area contributed by atoms with E-state index in [0.717, 1.165) is 0 Å². The number of carboxylic acid groups (broad SMARTS) is 1. The number of ether oxygens (including phenoxy) is 1. The Balaban J connectivity index is 2.18. The number of aromatic nitrogens is 1. The van der Waals surface area contributed by atoms with Crippen LogP contribution in [0.5, 0.6) is 0 Å². The number of carbonyl (C=O) groups excluding carboxylic acids is 2. The quantitative estimate of drug-likeness (QED) is 0.514. The number of fused-ring (bicyclic) bond motifs is 1. The maximum Gasteiger partial charge on any atom is 0.412 e. The second-order valence-electron chi connectivity index (χ2n) is 8.60. The van der Waals surface area contributed by atoms with Crippen molar-refractivity contribution in [2.45, 2.75) is 45.3 Å². The molecule has 0 fully saturated rings. The van der Waals surface area contributed by atoms with Crippen molar-refractivity contribution in [3.8, 4) is 0 Å². The van der Waals surface area contributed by atoms with E-state index in [1.165, 1.54) is 6.92 Å². The smallest absolute Gasteiger partial charge is 0.412 e. The van der Waals surface area contributed by atoms with Crippen LogP contribution in [-0.2, 0) is 19.9 Å². The summed E-state index contributed by atoms with van der Waals surface area (Å²) < 4.78 is 6.88. The van der Waals surface area contributed by atoms with E-state index in [0.29, 0.717) is 27.2 Å². The molecule has 1 amide bonds. The van der Waals surface area contributed by atoms with Crippen molar-refractivity contribution in [1.29, 1.82) is 0 Å². The van der Waals surface area contributed by atoms with Crippen molar-refractivity contribution in [3.63, 3.8) is 0 Å². The van der Waals surface area contributed by atoms with Crippen LogP contribution in [0.4, 0.5) is 10.5 Å². The van der Waals surface area contributed by atoms with Crippen LogP contribution in [0.2, 0.25) is 5.02 Å². The number of nitrogens with zero attached hydrogens (tertiary/aromatic N) is 1. The topological polar surface area (TPSA) is 97.6 Å². The molecule has 0 bridgehead atoms. The highest BCUT2D eigenvalue weighted by Crippen LogP contribution is 2.37. The van der Waals surface area contributed by atoms with Crippen LogP contribution in [0.1, 0.15) is 39.7 Å². The number of aliphatic carboxylic acids is 1. The zero-order valence-electron chi connectivity index (χ0n) is 18.3. The first-order chi connectivity index (χ1) is 14.9. The lowest BCUT2D eigenvalue weighted by atomic mass is 9.84. The van der Waals surface area contributed by atoms with Gasteiger partial charge in [-0.2, -0.15) is 0 Å². The van der Waals surface area contributed by atoms with Crippen molar-refractivity contribution >= 4 is 46.0 Å². The van der Waals surface area contributed by atoms with Crippen LogP contribution in [0.15, 0.2) is 54.7 Å². The molecule has 0 saturated heterocycles. The van der Waals surface area contributed by atoms with Gasteiger partial charge < -0.3 is 14.4 Å². The zero-order chi connectivity index (χ0) is 23.7. The van der Waals surface area contributed by atoms with Gasteiger partial charge in [-0.1, -0.05) is 29.8 Å². The molecule has 1 heterocycles. The van der Waals surface area contributed by atoms with Crippen molar-refractivity contribution in [2.75, 3.05) is 5.32 Å². The van der Waals surface area contributed by atoms with Crippen molar-refractivity contribution in [2.24, 2.45) is 0 Å². The van der Waals surface area contributed by atoms with E-state index < -0.39 is 23.2 Å². The average molecular weight is 457 g/mol. The number of carbonyl (C=O) groups is 3. The minimum Gasteiger partial charge on any atom is -0.479 e. The summed E-state index contributed by atoms with van der Waals surface area (Å²) in [6.07, 6.45) is 0.720. The Morgan fingerprint density at radius 2 is 1.72 bits per heavy atom. The molecule has 1 aromatic heterocycles. The summed E-state index contributed by atoms with van der Waals surface area (Å²) in [7, 11) is 0. The third-order valence-corrected chi connectivity index (χ3v) is 5.21. The number of Topliss-reactive ketones (excluding diaryl/α,β-unsaturated/α-hetero) is 1. The molecule has 0 spiro atoms. The van der Waals surface area contributed by atoms with Crippen LogP contribution in [0, 0.1) is 0 Å². The number of rotatable bonds is 6. The van der Waals surface area contributed by atoms with Gasteiger partial charge in [0, 0.05) is 23.0 Å². The van der Waals surface area contributed by atoms with Gasteiger partial charge in [-0.3, -0.25) is 10.1 Å². The van der Waals surface area contributed by atoms with E-state index in [4.69, 9.17) is 16.3 Å². The van der Waals surface area contributed by atoms with Gasteiger partial charge in [-0.25, -0.2) is 9.59 Å². The molecule has 1 unspecified atom stereocenters. The van der Waals surface area contributed by atoms with Crippen LogP contribution in [-0.4, -0.2) is 33.1 Å². The molecule has 1 atom stereocenters. The number of hydrogen-bond acceptors (Lipinski definition) is 4. The number of amides is 1. The summed E-state index contributed by atoms with van der Waals surface area (Å²) in [5.41, 5.74) is -0.945. The molecule has 0 aliphatic carbocycles. The molecule has 168 valence electrons. The third kappa shape index (κ3) is 4.62. The fourth-order valence-corrected chi connectivity index (χ4v) is 3.86. The number of anilines is 1. The molecular formula is C24H25ClN2O5. The van der Waals surface area contributed by atoms with Crippen LogP contribution in [0.25, 0.3) is 10.9 Å². The molecular weight excluding hydrogens is 432 g/mol. The predicted octanol–water partition coefficient (Wildman–Crippen LogP) is 5.45. The summed E-state index contributed by atoms with van der Waals surface area (Å²) in [6.45, 7) is 6.64. The third-order valence-electron chi connectivity index (χ3n) is 4.96. The number of benzene rings is 2. The van der Waals surface area contributed by atoms with Gasteiger partial charge in [0.15, 0.2) is 5.54 Å². The fourth-order valence-electron chi connectivity index (χ4n) is 3.74. The van der Waals surface area contributed by atoms with Crippen LogP contribution < -0.4 is 5.32 Å². The summed E-state index contributed by atoms with van der Waals surface area (Å²) in [5.74, 6) is -1.47. The maximum atomic E-state index is 12.7. The largest absolute Gasteiger partial charge is 0.479 e. The molecule has 2 N–H and O–H groups in total. The van der Waals surface area contributed by atoms with E-state index in [1.807, 2.05) is 0 Å². The Morgan fingerprint density at radius 1 is 1.06 bits per heavy atom. The minimum atomic E-state index is -1.69. The second-order valence-corrected chi connectivity index (χ2v) is 9.04. The van der Waals surface area contributed by atoms with Gasteiger partial charge in [-0.05, 0) is 63.6 Å². The first-order valence-corrected chi connectivity index (χ1v) is 10.4. The van der Waals surface area contributed by atoms with Crippen molar-refractivity contribution in [3.05, 3.63) is 65.3 Å². The Labute approximate surface area is 190 Å². The zero-order valence-corrected chi connectivity index (χ0v) is 19.1. The van der Waals surface area contributed by atoms with Gasteiger partial charge in [0.05, 0.1) is 11.2 Å². The molecule has 0 aliphatic rings. The Morgan fingerprint density at radius 3 is 2.28 bits per heavy atom. The summed E-state index contributed by atoms with van der Waals surface area (Å²) >= 11 is 6.01. The minimum absolute atomic E-state index is 0.266. The lowest BCUT2D eigenvalue weighted by Crippen LogP contribution is -2.44. The number of carboxylic acids is 1. The summed E-state index contributed by atoms with van der Waals surface area (Å²) in [4.78, 5) is 37.2. The molecule has 3 rings (SSSR count). The van der Waals surface area contributed by atoms with Gasteiger partial charge >= 0.3 is 12.1 Å². The van der Waals surface area contributed by atoms with E-state index in [1.54, 1.807) is 80.1 Å². The summed E-state index contributed by atoms with van der Waals surface area (Å²) in [6, 6.07) is 13.2. The SMILES string of the molecule is CC(=O)CC(C(=O)O)(c1ccc(Cl)cc1)n1ccc2c(NC(=O)OC(C)(C)C)cccc21. The molecule has 8 heteroatoms. The van der Waals surface area contributed by atoms with Crippen molar-refractivity contribution in [1.82, 2.24) is 4.57 Å². The highest BCUT2D eigenvalue weighted by atomic mass is 35.5. The summed E-state index contributed by atoms with van der Waals surface area (Å²) in [5, 5.41) is 14.2. The van der Waals surface area contributed by atoms with Gasteiger partial charge in [0.1, 0.15) is 11.4 Å². The number of hydrogen-bond donors (Lipinski definition) is 2. The average Bonchev–Trinajstić information content (AvgIpc) is 3.10. The molecule has 2 aromatic carbocycles. The Hall–Kier alpha value is -3.32. The predicted molar refractivity (Wildman–Crippen MR) is 123 cm³/mol. The van der Waals surface area contributed by atoms with E-state index in [-0.39, 0.29) is 12.2 Å². The van der Waals surface area contributed by atoms with Gasteiger partial charge in [-0.15, -0.1) is 0 Å².